The van der Waals surface area contributed by atoms with Crippen LogP contribution in [0.5, 0.6) is 11.5 Å². The number of piperidine rings is 1. The molecule has 0 aromatic heterocycles. The van der Waals surface area contributed by atoms with Gasteiger partial charge < -0.3 is 14.4 Å². The lowest BCUT2D eigenvalue weighted by molar-refractivity contribution is -0.135. The smallest absolute Gasteiger partial charge is 0.227 e. The molecule has 2 heterocycles. The molecule has 0 aliphatic carbocycles. The molecular formula is C23H26FNO3. The Bertz CT molecular complexity index is 837. The van der Waals surface area contributed by atoms with E-state index >= 15 is 0 Å². The summed E-state index contributed by atoms with van der Waals surface area (Å²) in [5, 5.41) is 0. The van der Waals surface area contributed by atoms with E-state index in [-0.39, 0.29) is 23.8 Å². The fourth-order valence-electron chi connectivity index (χ4n) is 4.85. The van der Waals surface area contributed by atoms with Gasteiger partial charge in [0.15, 0.2) is 11.5 Å². The molecular weight excluding hydrogens is 357 g/mol. The Morgan fingerprint density at radius 3 is 2.25 bits per heavy atom. The number of methoxy groups -OCH3 is 2. The van der Waals surface area contributed by atoms with Crippen LogP contribution in [0.3, 0.4) is 0 Å². The van der Waals surface area contributed by atoms with E-state index in [0.717, 1.165) is 31.2 Å². The molecule has 0 radical (unpaired) electrons. The Balaban J connectivity index is 1.46. The quantitative estimate of drug-likeness (QED) is 0.772. The lowest BCUT2D eigenvalue weighted by atomic mass is 9.85. The van der Waals surface area contributed by atoms with Gasteiger partial charge in [0.1, 0.15) is 5.82 Å². The van der Waals surface area contributed by atoms with Gasteiger partial charge in [0.25, 0.3) is 0 Å². The highest BCUT2D eigenvalue weighted by molar-refractivity contribution is 5.80. The van der Waals surface area contributed by atoms with Crippen molar-refractivity contribution >= 4 is 5.91 Å². The second-order valence-electron chi connectivity index (χ2n) is 7.77. The standard InChI is InChI=1S/C23H26FNO3/c1-27-21-10-3-15(11-22(21)28-2)12-23(26)25-19-8-9-20(25)14-17(13-19)16-4-6-18(24)7-5-16/h3-7,10-11,17,19-20H,8-9,12-14H2,1-2H3/t17?,19-,20+. The van der Waals surface area contributed by atoms with E-state index in [4.69, 9.17) is 9.47 Å². The van der Waals surface area contributed by atoms with Crippen LogP contribution >= 0.6 is 0 Å². The number of amides is 1. The first-order valence-corrected chi connectivity index (χ1v) is 9.86. The summed E-state index contributed by atoms with van der Waals surface area (Å²) in [4.78, 5) is 15.2. The van der Waals surface area contributed by atoms with Crippen molar-refractivity contribution in [1.29, 1.82) is 0 Å². The van der Waals surface area contributed by atoms with Crippen molar-refractivity contribution in [3.8, 4) is 11.5 Å². The van der Waals surface area contributed by atoms with Crippen molar-refractivity contribution in [3.63, 3.8) is 0 Å². The molecule has 2 bridgehead atoms. The summed E-state index contributed by atoms with van der Waals surface area (Å²) in [6, 6.07) is 13.1. The Morgan fingerprint density at radius 1 is 1.00 bits per heavy atom. The largest absolute Gasteiger partial charge is 0.493 e. The molecule has 2 aromatic rings. The number of ether oxygens (including phenoxy) is 2. The molecule has 2 fully saturated rings. The average molecular weight is 383 g/mol. The summed E-state index contributed by atoms with van der Waals surface area (Å²) in [5.74, 6) is 1.69. The second-order valence-corrected chi connectivity index (χ2v) is 7.77. The van der Waals surface area contributed by atoms with Crippen molar-refractivity contribution < 1.29 is 18.7 Å². The number of rotatable bonds is 5. The van der Waals surface area contributed by atoms with Crippen LogP contribution in [0.15, 0.2) is 42.5 Å². The van der Waals surface area contributed by atoms with Crippen molar-refractivity contribution in [2.24, 2.45) is 0 Å². The maximum absolute atomic E-state index is 13.2. The van der Waals surface area contributed by atoms with E-state index in [1.807, 2.05) is 30.3 Å². The maximum Gasteiger partial charge on any atom is 0.227 e. The molecule has 5 heteroatoms. The number of hydrogen-bond acceptors (Lipinski definition) is 3. The normalized spacial score (nSPS) is 23.5. The molecule has 2 saturated heterocycles. The predicted octanol–water partition coefficient (Wildman–Crippen LogP) is 4.32. The minimum Gasteiger partial charge on any atom is -0.493 e. The number of carbonyl (C=O) groups is 1. The summed E-state index contributed by atoms with van der Waals surface area (Å²) in [6.07, 6.45) is 4.40. The van der Waals surface area contributed by atoms with Crippen LogP contribution in [-0.2, 0) is 11.2 Å². The van der Waals surface area contributed by atoms with Gasteiger partial charge in [-0.3, -0.25) is 4.79 Å². The fourth-order valence-corrected chi connectivity index (χ4v) is 4.85. The van der Waals surface area contributed by atoms with E-state index in [1.54, 1.807) is 14.2 Å². The van der Waals surface area contributed by atoms with E-state index < -0.39 is 0 Å². The Kier molecular flexibility index (Phi) is 5.25. The Labute approximate surface area is 165 Å². The number of nitrogens with zero attached hydrogens (tertiary/aromatic N) is 1. The third-order valence-corrected chi connectivity index (χ3v) is 6.17. The van der Waals surface area contributed by atoms with Crippen LogP contribution in [0.4, 0.5) is 4.39 Å². The first kappa shape index (κ1) is 18.8. The molecule has 4 nitrogen and oxygen atoms in total. The fraction of sp³-hybridized carbons (Fsp3) is 0.435. The predicted molar refractivity (Wildman–Crippen MR) is 105 cm³/mol. The van der Waals surface area contributed by atoms with Gasteiger partial charge >= 0.3 is 0 Å². The van der Waals surface area contributed by atoms with Gasteiger partial charge in [-0.05, 0) is 67.0 Å². The van der Waals surface area contributed by atoms with Crippen molar-refractivity contribution in [3.05, 3.63) is 59.4 Å². The van der Waals surface area contributed by atoms with Crippen LogP contribution in [-0.4, -0.2) is 37.1 Å². The lowest BCUT2D eigenvalue weighted by Gasteiger charge is -2.39. The number of carbonyl (C=O) groups excluding carboxylic acids is 1. The Morgan fingerprint density at radius 2 is 1.64 bits per heavy atom. The number of hydrogen-bond donors (Lipinski definition) is 0. The van der Waals surface area contributed by atoms with E-state index in [9.17, 15) is 9.18 Å². The van der Waals surface area contributed by atoms with Crippen LogP contribution in [0.1, 0.15) is 42.7 Å². The summed E-state index contributed by atoms with van der Waals surface area (Å²) in [5.41, 5.74) is 2.12. The highest BCUT2D eigenvalue weighted by Gasteiger charge is 2.43. The molecule has 148 valence electrons. The number of fused-ring (bicyclic) bond motifs is 2. The van der Waals surface area contributed by atoms with Crippen LogP contribution in [0.25, 0.3) is 0 Å². The lowest BCUT2D eigenvalue weighted by Crippen LogP contribution is -2.46. The summed E-state index contributed by atoms with van der Waals surface area (Å²) in [6.45, 7) is 0. The van der Waals surface area contributed by atoms with Crippen LogP contribution in [0, 0.1) is 5.82 Å². The molecule has 2 aliphatic rings. The molecule has 0 N–H and O–H groups in total. The molecule has 1 amide bonds. The minimum absolute atomic E-state index is 0.178. The number of halogens is 1. The van der Waals surface area contributed by atoms with Gasteiger partial charge in [0.2, 0.25) is 5.91 Å². The van der Waals surface area contributed by atoms with Gasteiger partial charge in [-0.2, -0.15) is 0 Å². The molecule has 0 saturated carbocycles. The zero-order chi connectivity index (χ0) is 19.7. The molecule has 0 spiro atoms. The molecule has 1 unspecified atom stereocenters. The van der Waals surface area contributed by atoms with Gasteiger partial charge in [-0.25, -0.2) is 4.39 Å². The highest BCUT2D eigenvalue weighted by Crippen LogP contribution is 2.43. The maximum atomic E-state index is 13.2. The molecule has 2 aromatic carbocycles. The van der Waals surface area contributed by atoms with Gasteiger partial charge in [-0.1, -0.05) is 18.2 Å². The van der Waals surface area contributed by atoms with Gasteiger partial charge in [-0.15, -0.1) is 0 Å². The minimum atomic E-state index is -0.200. The third-order valence-electron chi connectivity index (χ3n) is 6.17. The topological polar surface area (TPSA) is 38.8 Å². The summed E-state index contributed by atoms with van der Waals surface area (Å²) >= 11 is 0. The average Bonchev–Trinajstić information content (AvgIpc) is 2.98. The van der Waals surface area contributed by atoms with Crippen molar-refractivity contribution in [2.75, 3.05) is 14.2 Å². The first-order valence-electron chi connectivity index (χ1n) is 9.86. The SMILES string of the molecule is COc1ccc(CC(=O)N2[C@@H]3CC[C@H]2CC(c2ccc(F)cc2)C3)cc1OC. The molecule has 28 heavy (non-hydrogen) atoms. The van der Waals surface area contributed by atoms with Crippen LogP contribution in [0.2, 0.25) is 0 Å². The zero-order valence-electron chi connectivity index (χ0n) is 16.4. The summed E-state index contributed by atoms with van der Waals surface area (Å²) in [7, 11) is 3.20. The van der Waals surface area contributed by atoms with E-state index in [1.165, 1.54) is 17.7 Å². The van der Waals surface area contributed by atoms with E-state index in [2.05, 4.69) is 4.90 Å². The highest BCUT2D eigenvalue weighted by atomic mass is 19.1. The summed E-state index contributed by atoms with van der Waals surface area (Å²) < 4.78 is 23.9. The van der Waals surface area contributed by atoms with Crippen molar-refractivity contribution in [2.45, 2.75) is 50.1 Å². The molecule has 3 atom stereocenters. The van der Waals surface area contributed by atoms with Crippen molar-refractivity contribution in [1.82, 2.24) is 4.90 Å². The number of benzene rings is 2. The Hall–Kier alpha value is -2.56. The zero-order valence-corrected chi connectivity index (χ0v) is 16.4. The first-order chi connectivity index (χ1) is 13.6. The molecule has 2 aliphatic heterocycles. The van der Waals surface area contributed by atoms with Gasteiger partial charge in [0, 0.05) is 12.1 Å². The molecule has 4 rings (SSSR count). The van der Waals surface area contributed by atoms with Crippen LogP contribution < -0.4 is 9.47 Å². The van der Waals surface area contributed by atoms with Gasteiger partial charge in [0.05, 0.1) is 20.6 Å². The second kappa shape index (κ2) is 7.82. The monoisotopic (exact) mass is 383 g/mol. The van der Waals surface area contributed by atoms with E-state index in [0.29, 0.717) is 23.8 Å². The third kappa shape index (κ3) is 3.58.